The van der Waals surface area contributed by atoms with Crippen LogP contribution < -0.4 is 5.32 Å². The van der Waals surface area contributed by atoms with Gasteiger partial charge < -0.3 is 10.2 Å². The molecule has 0 bridgehead atoms. The average molecular weight is 454 g/mol. The number of likely N-dealkylation sites (tertiary alicyclic amines) is 1. The van der Waals surface area contributed by atoms with Crippen LogP contribution in [0.15, 0.2) is 66.7 Å². The normalized spacial score (nSPS) is 17.6. The third-order valence-electron chi connectivity index (χ3n) is 6.20. The van der Waals surface area contributed by atoms with Gasteiger partial charge in [0.05, 0.1) is 17.5 Å². The molecule has 1 aliphatic heterocycles. The van der Waals surface area contributed by atoms with Crippen LogP contribution in [-0.2, 0) is 11.0 Å². The Labute approximate surface area is 190 Å². The van der Waals surface area contributed by atoms with Crippen LogP contribution in [0.5, 0.6) is 0 Å². The van der Waals surface area contributed by atoms with E-state index in [4.69, 9.17) is 0 Å². The van der Waals surface area contributed by atoms with Gasteiger partial charge in [0.25, 0.3) is 5.91 Å². The fourth-order valence-corrected chi connectivity index (χ4v) is 4.33. The highest BCUT2D eigenvalue weighted by Gasteiger charge is 2.31. The highest BCUT2D eigenvalue weighted by Crippen LogP contribution is 2.30. The molecule has 3 aromatic carbocycles. The van der Waals surface area contributed by atoms with E-state index in [1.807, 2.05) is 36.4 Å². The van der Waals surface area contributed by atoms with Crippen molar-refractivity contribution in [3.63, 3.8) is 0 Å². The van der Waals surface area contributed by atoms with Gasteiger partial charge in [-0.2, -0.15) is 13.2 Å². The number of nitrogens with zero attached hydrogens (tertiary/aromatic N) is 1. The Morgan fingerprint density at radius 2 is 1.70 bits per heavy atom. The first-order chi connectivity index (χ1) is 15.7. The summed E-state index contributed by atoms with van der Waals surface area (Å²) in [6, 6.07) is 17.7. The zero-order chi connectivity index (χ0) is 23.6. The molecule has 0 radical (unpaired) electrons. The second-order valence-electron chi connectivity index (χ2n) is 8.47. The zero-order valence-corrected chi connectivity index (χ0v) is 18.2. The van der Waals surface area contributed by atoms with Crippen molar-refractivity contribution in [1.82, 2.24) is 10.2 Å². The SMILES string of the molecule is C[C@@H](NC(=O)[C@H]1CCCN(C(=O)c2cccc3ccccc23)C1)c1ccc(C(F)(F)F)cc1. The summed E-state index contributed by atoms with van der Waals surface area (Å²) in [5, 5.41) is 4.76. The van der Waals surface area contributed by atoms with E-state index in [9.17, 15) is 22.8 Å². The first-order valence-corrected chi connectivity index (χ1v) is 11.0. The molecule has 172 valence electrons. The van der Waals surface area contributed by atoms with Crippen LogP contribution >= 0.6 is 0 Å². The van der Waals surface area contributed by atoms with E-state index in [0.717, 1.165) is 22.9 Å². The van der Waals surface area contributed by atoms with Crippen molar-refractivity contribution in [2.24, 2.45) is 5.92 Å². The maximum atomic E-state index is 13.2. The Morgan fingerprint density at radius 3 is 2.42 bits per heavy atom. The fraction of sp³-hybridized carbons (Fsp3) is 0.308. The number of carbonyl (C=O) groups excluding carboxylic acids is 2. The van der Waals surface area contributed by atoms with Crippen LogP contribution in [0.2, 0.25) is 0 Å². The van der Waals surface area contributed by atoms with Crippen molar-refractivity contribution >= 4 is 22.6 Å². The number of halogens is 3. The number of amides is 2. The van der Waals surface area contributed by atoms with Gasteiger partial charge in [-0.05, 0) is 54.3 Å². The van der Waals surface area contributed by atoms with Gasteiger partial charge in [0.1, 0.15) is 0 Å². The number of hydrogen-bond acceptors (Lipinski definition) is 2. The predicted octanol–water partition coefficient (Wildman–Crippen LogP) is 5.59. The summed E-state index contributed by atoms with van der Waals surface area (Å²) in [4.78, 5) is 27.9. The number of nitrogens with one attached hydrogen (secondary N) is 1. The van der Waals surface area contributed by atoms with E-state index in [-0.39, 0.29) is 17.7 Å². The largest absolute Gasteiger partial charge is 0.416 e. The molecule has 2 atom stereocenters. The van der Waals surface area contributed by atoms with Gasteiger partial charge in [-0.15, -0.1) is 0 Å². The molecular weight excluding hydrogens is 429 g/mol. The summed E-state index contributed by atoms with van der Waals surface area (Å²) >= 11 is 0. The molecule has 0 spiro atoms. The average Bonchev–Trinajstić information content (AvgIpc) is 2.82. The van der Waals surface area contributed by atoms with Gasteiger partial charge in [0.15, 0.2) is 0 Å². The minimum absolute atomic E-state index is 0.0971. The van der Waals surface area contributed by atoms with E-state index in [0.29, 0.717) is 37.1 Å². The topological polar surface area (TPSA) is 49.4 Å². The summed E-state index contributed by atoms with van der Waals surface area (Å²) in [5.41, 5.74) is 0.489. The minimum Gasteiger partial charge on any atom is -0.349 e. The Kier molecular flexibility index (Phi) is 6.40. The quantitative estimate of drug-likeness (QED) is 0.559. The maximum absolute atomic E-state index is 13.2. The molecule has 1 fully saturated rings. The van der Waals surface area contributed by atoms with Crippen molar-refractivity contribution in [2.45, 2.75) is 32.0 Å². The third kappa shape index (κ3) is 5.02. The van der Waals surface area contributed by atoms with Crippen LogP contribution in [0.25, 0.3) is 10.8 Å². The third-order valence-corrected chi connectivity index (χ3v) is 6.20. The van der Waals surface area contributed by atoms with Crippen molar-refractivity contribution in [1.29, 1.82) is 0 Å². The molecule has 1 aliphatic rings. The van der Waals surface area contributed by atoms with E-state index >= 15 is 0 Å². The Balaban J connectivity index is 1.42. The minimum atomic E-state index is -4.40. The molecule has 33 heavy (non-hydrogen) atoms. The van der Waals surface area contributed by atoms with Gasteiger partial charge in [-0.1, -0.05) is 48.5 Å². The lowest BCUT2D eigenvalue weighted by Gasteiger charge is -2.33. The Bertz CT molecular complexity index is 1150. The first kappa shape index (κ1) is 22.8. The Hall–Kier alpha value is -3.35. The lowest BCUT2D eigenvalue weighted by Crippen LogP contribution is -2.45. The van der Waals surface area contributed by atoms with E-state index < -0.39 is 17.8 Å². The number of fused-ring (bicyclic) bond motifs is 1. The number of hydrogen-bond donors (Lipinski definition) is 1. The summed E-state index contributed by atoms with van der Waals surface area (Å²) in [6.45, 7) is 2.64. The summed E-state index contributed by atoms with van der Waals surface area (Å²) < 4.78 is 38.3. The van der Waals surface area contributed by atoms with E-state index in [1.165, 1.54) is 12.1 Å². The molecule has 4 nitrogen and oxygen atoms in total. The second kappa shape index (κ2) is 9.25. The summed E-state index contributed by atoms with van der Waals surface area (Å²) in [6.07, 6.45) is -3.03. The standard InChI is InChI=1S/C26H25F3N2O2/c1-17(18-11-13-21(14-12-18)26(27,28)29)30-24(32)20-8-5-15-31(16-20)25(33)23-10-4-7-19-6-2-3-9-22(19)23/h2-4,6-7,9-14,17,20H,5,8,15-16H2,1H3,(H,30,32)/t17-,20+/m1/s1. The summed E-state index contributed by atoms with van der Waals surface area (Å²) in [7, 11) is 0. The lowest BCUT2D eigenvalue weighted by atomic mass is 9.95. The lowest BCUT2D eigenvalue weighted by molar-refractivity contribution is -0.137. The van der Waals surface area contributed by atoms with Crippen molar-refractivity contribution in [3.05, 3.63) is 83.4 Å². The number of piperidine rings is 1. The van der Waals surface area contributed by atoms with Crippen LogP contribution in [0.4, 0.5) is 13.2 Å². The van der Waals surface area contributed by atoms with Crippen LogP contribution in [0.3, 0.4) is 0 Å². The van der Waals surface area contributed by atoms with Crippen molar-refractivity contribution < 1.29 is 22.8 Å². The molecule has 0 saturated carbocycles. The molecule has 4 rings (SSSR count). The predicted molar refractivity (Wildman–Crippen MR) is 121 cm³/mol. The fourth-order valence-electron chi connectivity index (χ4n) is 4.33. The van der Waals surface area contributed by atoms with Crippen LogP contribution in [-0.4, -0.2) is 29.8 Å². The van der Waals surface area contributed by atoms with Crippen LogP contribution in [0.1, 0.15) is 47.3 Å². The molecule has 1 heterocycles. The number of rotatable bonds is 4. The molecular formula is C26H25F3N2O2. The van der Waals surface area contributed by atoms with E-state index in [2.05, 4.69) is 5.32 Å². The second-order valence-corrected chi connectivity index (χ2v) is 8.47. The molecule has 7 heteroatoms. The number of benzene rings is 3. The highest BCUT2D eigenvalue weighted by atomic mass is 19.4. The van der Waals surface area contributed by atoms with Gasteiger partial charge in [0, 0.05) is 18.7 Å². The molecule has 1 saturated heterocycles. The molecule has 0 aromatic heterocycles. The zero-order valence-electron chi connectivity index (χ0n) is 18.2. The smallest absolute Gasteiger partial charge is 0.349 e. The van der Waals surface area contributed by atoms with Crippen molar-refractivity contribution in [3.8, 4) is 0 Å². The number of alkyl halides is 3. The van der Waals surface area contributed by atoms with E-state index in [1.54, 1.807) is 17.9 Å². The number of carbonyl (C=O) groups is 2. The first-order valence-electron chi connectivity index (χ1n) is 11.0. The summed E-state index contributed by atoms with van der Waals surface area (Å²) in [5.74, 6) is -0.660. The molecule has 3 aromatic rings. The molecule has 2 amide bonds. The molecule has 0 aliphatic carbocycles. The van der Waals surface area contributed by atoms with Gasteiger partial charge >= 0.3 is 6.18 Å². The molecule has 1 N–H and O–H groups in total. The molecule has 0 unspecified atom stereocenters. The van der Waals surface area contributed by atoms with Crippen molar-refractivity contribution in [2.75, 3.05) is 13.1 Å². The highest BCUT2D eigenvalue weighted by molar-refractivity contribution is 6.07. The maximum Gasteiger partial charge on any atom is 0.416 e. The van der Waals surface area contributed by atoms with Crippen LogP contribution in [0, 0.1) is 5.92 Å². The monoisotopic (exact) mass is 454 g/mol. The Morgan fingerprint density at radius 1 is 1.00 bits per heavy atom. The van der Waals surface area contributed by atoms with Gasteiger partial charge in [-0.3, -0.25) is 9.59 Å². The van der Waals surface area contributed by atoms with Gasteiger partial charge in [-0.25, -0.2) is 0 Å². The van der Waals surface area contributed by atoms with Gasteiger partial charge in [0.2, 0.25) is 5.91 Å².